The molecule has 0 aliphatic carbocycles. The number of hydrogen-bond acceptors (Lipinski definition) is 3. The minimum atomic E-state index is -0.406. The van der Waals surface area contributed by atoms with Gasteiger partial charge in [-0.2, -0.15) is 4.99 Å². The van der Waals surface area contributed by atoms with Crippen LogP contribution in [0.5, 0.6) is 0 Å². The summed E-state index contributed by atoms with van der Waals surface area (Å²) in [4.78, 5) is 28.8. The third-order valence-corrected chi connectivity index (χ3v) is 5.26. The van der Waals surface area contributed by atoms with Crippen LogP contribution in [0.3, 0.4) is 0 Å². The summed E-state index contributed by atoms with van der Waals surface area (Å²) in [7, 11) is 0. The van der Waals surface area contributed by atoms with Gasteiger partial charge in [0.2, 0.25) is 0 Å². The van der Waals surface area contributed by atoms with Crippen LogP contribution in [0.4, 0.5) is 5.69 Å². The van der Waals surface area contributed by atoms with Crippen molar-refractivity contribution in [1.29, 1.82) is 0 Å². The summed E-state index contributed by atoms with van der Waals surface area (Å²) in [6.45, 7) is 1.77. The van der Waals surface area contributed by atoms with Gasteiger partial charge in [-0.15, -0.1) is 0 Å². The van der Waals surface area contributed by atoms with Crippen molar-refractivity contribution in [3.8, 4) is 0 Å². The zero-order valence-electron chi connectivity index (χ0n) is 14.3. The van der Waals surface area contributed by atoms with Gasteiger partial charge in [-0.3, -0.25) is 9.59 Å². The van der Waals surface area contributed by atoms with E-state index in [0.717, 1.165) is 11.1 Å². The minimum absolute atomic E-state index is 0.0671. The van der Waals surface area contributed by atoms with E-state index in [1.54, 1.807) is 30.3 Å². The molecule has 5 nitrogen and oxygen atoms in total. The topological polar surface area (TPSA) is 86.6 Å². The molecule has 1 atom stereocenters. The lowest BCUT2D eigenvalue weighted by Gasteiger charge is -2.16. The van der Waals surface area contributed by atoms with E-state index < -0.39 is 5.91 Å². The van der Waals surface area contributed by atoms with Crippen molar-refractivity contribution < 1.29 is 9.59 Å². The second kappa shape index (κ2) is 6.60. The molecule has 2 N–H and O–H groups in total. The van der Waals surface area contributed by atoms with Crippen LogP contribution >= 0.6 is 23.2 Å². The number of rotatable bonds is 3. The Kier molecular flexibility index (Phi) is 4.38. The molecule has 0 fully saturated rings. The number of hydrogen-bond donors (Lipinski definition) is 1. The highest BCUT2D eigenvalue weighted by atomic mass is 35.5. The molecule has 27 heavy (non-hydrogen) atoms. The van der Waals surface area contributed by atoms with Crippen LogP contribution in [0.25, 0.3) is 5.57 Å². The smallest absolute Gasteiger partial charge is 0.279 e. The van der Waals surface area contributed by atoms with Crippen molar-refractivity contribution in [2.45, 2.75) is 12.8 Å². The first-order valence-corrected chi connectivity index (χ1v) is 9.04. The van der Waals surface area contributed by atoms with Gasteiger partial charge >= 0.3 is 0 Å². The van der Waals surface area contributed by atoms with Crippen molar-refractivity contribution in [1.82, 2.24) is 5.32 Å². The van der Waals surface area contributed by atoms with E-state index in [1.807, 2.05) is 13.0 Å². The quantitative estimate of drug-likeness (QED) is 0.797. The summed E-state index contributed by atoms with van der Waals surface area (Å²) in [5.41, 5.74) is 9.35. The van der Waals surface area contributed by atoms with E-state index in [0.29, 0.717) is 38.3 Å². The van der Waals surface area contributed by atoms with Crippen molar-refractivity contribution in [3.63, 3.8) is 0 Å². The molecule has 0 saturated carbocycles. The first-order chi connectivity index (χ1) is 12.9. The molecule has 1 radical (unpaired) electrons. The lowest BCUT2D eigenvalue weighted by molar-refractivity contribution is -0.112. The number of fused-ring (bicyclic) bond motifs is 3. The summed E-state index contributed by atoms with van der Waals surface area (Å²) in [5, 5.41) is 5.32. The van der Waals surface area contributed by atoms with Gasteiger partial charge in [0.05, 0.1) is 23.2 Å². The number of benzene rings is 2. The molecule has 0 saturated heterocycles. The highest BCUT2D eigenvalue weighted by Gasteiger charge is 2.35. The third-order valence-electron chi connectivity index (χ3n) is 4.71. The van der Waals surface area contributed by atoms with Gasteiger partial charge in [0.1, 0.15) is 5.84 Å². The maximum Gasteiger partial charge on any atom is 0.279 e. The average Bonchev–Trinajstić information content (AvgIpc) is 2.96. The Balaban J connectivity index is 1.83. The normalized spacial score (nSPS) is 17.6. The van der Waals surface area contributed by atoms with Gasteiger partial charge in [0.25, 0.3) is 5.91 Å². The number of aliphatic imine (C=N–C) groups is 1. The third kappa shape index (κ3) is 2.98. The number of nitrogens with two attached hydrogens (primary N) is 1. The Bertz CT molecular complexity index is 1070. The molecule has 0 spiro atoms. The molecule has 0 aromatic heterocycles. The Morgan fingerprint density at radius 3 is 2.70 bits per heavy atom. The predicted octanol–water partition coefficient (Wildman–Crippen LogP) is 3.80. The molecule has 7 heteroatoms. The number of carbonyl (C=O) groups excluding carboxylic acids is 2. The largest absolute Gasteiger partial charge is 0.324 e. The monoisotopic (exact) mass is 398 g/mol. The van der Waals surface area contributed by atoms with Crippen LogP contribution in [0.1, 0.15) is 33.0 Å². The first kappa shape index (κ1) is 17.9. The van der Waals surface area contributed by atoms with Gasteiger partial charge in [-0.1, -0.05) is 35.3 Å². The van der Waals surface area contributed by atoms with Gasteiger partial charge in [0.15, 0.2) is 5.78 Å². The van der Waals surface area contributed by atoms with Gasteiger partial charge in [-0.05, 0) is 42.3 Å². The number of aryl methyl sites for hydroxylation is 1. The number of ketones is 1. The number of carbonyl (C=O) groups is 2. The Hall–Kier alpha value is -2.47. The summed E-state index contributed by atoms with van der Waals surface area (Å²) in [5.74, 6) is -0.445. The molecule has 1 amide bonds. The average molecular weight is 399 g/mol. The first-order valence-electron chi connectivity index (χ1n) is 8.28. The fraction of sp³-hybridized carbons (Fsp3) is 0.150. The van der Waals surface area contributed by atoms with Crippen molar-refractivity contribution in [3.05, 3.63) is 68.7 Å². The van der Waals surface area contributed by atoms with Crippen LogP contribution in [0.2, 0.25) is 10.0 Å². The number of dihydropyridines is 1. The predicted molar refractivity (Wildman–Crippen MR) is 106 cm³/mol. The standard InChI is InChI=1S/C20H14Cl2N3O2/c1-9-4-17-13(6-12(9)18(26)8-23)14-7-15(20(27)25-19(14)24-17)11-3-2-10(21)5-16(11)22/h2-7,14H,8,23H2,1H3. The SMILES string of the molecule is Cc1cc2c(cc1C(=O)CN)C1C=C(c3ccc(Cl)cc3Cl)C(=O)N=C1[N]2. The van der Waals surface area contributed by atoms with E-state index in [-0.39, 0.29) is 18.2 Å². The molecule has 2 aromatic rings. The van der Waals surface area contributed by atoms with Crippen molar-refractivity contribution in [2.75, 3.05) is 6.54 Å². The van der Waals surface area contributed by atoms with Gasteiger partial charge in [0, 0.05) is 21.7 Å². The van der Waals surface area contributed by atoms with Crippen LogP contribution < -0.4 is 11.1 Å². The van der Waals surface area contributed by atoms with E-state index in [9.17, 15) is 9.59 Å². The number of amidine groups is 1. The zero-order valence-corrected chi connectivity index (χ0v) is 15.8. The molecule has 135 valence electrons. The number of nitrogens with zero attached hydrogens (tertiary/aromatic N) is 2. The Labute approximate surface area is 165 Å². The molecule has 1 unspecified atom stereocenters. The highest BCUT2D eigenvalue weighted by molar-refractivity contribution is 6.38. The van der Waals surface area contributed by atoms with Crippen molar-refractivity contribution >= 4 is 52.0 Å². The lowest BCUT2D eigenvalue weighted by Crippen LogP contribution is -2.19. The molecule has 0 bridgehead atoms. The Morgan fingerprint density at radius 1 is 1.22 bits per heavy atom. The molecular weight excluding hydrogens is 385 g/mol. The maximum absolute atomic E-state index is 12.5. The van der Waals surface area contributed by atoms with Crippen molar-refractivity contribution in [2.24, 2.45) is 10.7 Å². The molecular formula is C20H14Cl2N3O2. The van der Waals surface area contributed by atoms with Crippen LogP contribution in [-0.2, 0) is 4.79 Å². The molecule has 2 heterocycles. The van der Waals surface area contributed by atoms with E-state index in [2.05, 4.69) is 10.3 Å². The maximum atomic E-state index is 12.5. The van der Waals surface area contributed by atoms with Crippen LogP contribution in [0, 0.1) is 6.92 Å². The summed E-state index contributed by atoms with van der Waals surface area (Å²) >= 11 is 12.2. The fourth-order valence-corrected chi connectivity index (χ4v) is 3.88. The van der Waals surface area contributed by atoms with Crippen LogP contribution in [0.15, 0.2) is 41.4 Å². The summed E-state index contributed by atoms with van der Waals surface area (Å²) < 4.78 is 0. The Morgan fingerprint density at radius 2 is 2.00 bits per heavy atom. The number of halogens is 2. The lowest BCUT2D eigenvalue weighted by atomic mass is 9.90. The fourth-order valence-electron chi connectivity index (χ4n) is 3.37. The number of amides is 1. The molecule has 2 aliphatic rings. The van der Waals surface area contributed by atoms with Crippen LogP contribution in [-0.4, -0.2) is 24.1 Å². The summed E-state index contributed by atoms with van der Waals surface area (Å²) in [6.07, 6.45) is 1.79. The minimum Gasteiger partial charge on any atom is -0.324 e. The molecule has 4 rings (SSSR count). The number of Topliss-reactive ketones (excluding diaryl/α,β-unsaturated/α-hetero) is 1. The zero-order chi connectivity index (χ0) is 19.3. The van der Waals surface area contributed by atoms with Gasteiger partial charge in [-0.25, -0.2) is 5.32 Å². The van der Waals surface area contributed by atoms with E-state index in [1.165, 1.54) is 0 Å². The molecule has 2 aliphatic heterocycles. The highest BCUT2D eigenvalue weighted by Crippen LogP contribution is 2.41. The van der Waals surface area contributed by atoms with Gasteiger partial charge < -0.3 is 5.73 Å². The summed E-state index contributed by atoms with van der Waals surface area (Å²) in [6, 6.07) is 8.57. The second-order valence-electron chi connectivity index (χ2n) is 6.42. The second-order valence-corrected chi connectivity index (χ2v) is 7.27. The molecule has 2 aromatic carbocycles. The van der Waals surface area contributed by atoms with E-state index >= 15 is 0 Å². The van der Waals surface area contributed by atoms with E-state index in [4.69, 9.17) is 28.9 Å².